The lowest BCUT2D eigenvalue weighted by Gasteiger charge is -2.17. The number of rotatable bonds is 8. The fourth-order valence-electron chi connectivity index (χ4n) is 3.74. The maximum Gasteiger partial charge on any atom is 0.513 e. The van der Waals surface area contributed by atoms with Crippen molar-refractivity contribution in [1.82, 2.24) is 4.98 Å². The van der Waals surface area contributed by atoms with E-state index in [0.29, 0.717) is 38.5 Å². The molecule has 7 nitrogen and oxygen atoms in total. The summed E-state index contributed by atoms with van der Waals surface area (Å²) in [5.41, 5.74) is 4.21. The number of halogens is 1. The molecule has 4 rings (SSSR count). The molecule has 0 spiro atoms. The molecule has 0 amide bonds. The second kappa shape index (κ2) is 11.4. The van der Waals surface area contributed by atoms with Gasteiger partial charge in [0.15, 0.2) is 5.75 Å². The zero-order valence-electron chi connectivity index (χ0n) is 20.2. The largest absolute Gasteiger partial charge is 0.513 e. The quantitative estimate of drug-likeness (QED) is 0.212. The van der Waals surface area contributed by atoms with Gasteiger partial charge in [-0.2, -0.15) is 0 Å². The molecule has 0 saturated carbocycles. The SMILES string of the molecule is COCCOC(=O)Oc1c(-c2ccc(Oc3ccc(C)cc3)cc2)c(C)nc2cc(CO)c(Cl)cc12. The van der Waals surface area contributed by atoms with Gasteiger partial charge in [-0.15, -0.1) is 0 Å². The van der Waals surface area contributed by atoms with Crippen LogP contribution in [0.15, 0.2) is 60.7 Å². The van der Waals surface area contributed by atoms with Crippen molar-refractivity contribution in [3.8, 4) is 28.4 Å². The fourth-order valence-corrected chi connectivity index (χ4v) is 3.96. The van der Waals surface area contributed by atoms with Gasteiger partial charge in [0.1, 0.15) is 18.1 Å². The Balaban J connectivity index is 1.75. The molecule has 0 bridgehead atoms. The van der Waals surface area contributed by atoms with Gasteiger partial charge in [-0.05, 0) is 61.4 Å². The van der Waals surface area contributed by atoms with E-state index in [1.165, 1.54) is 7.11 Å². The number of nitrogens with zero attached hydrogens (tertiary/aromatic N) is 1. The molecule has 0 atom stereocenters. The van der Waals surface area contributed by atoms with E-state index in [-0.39, 0.29) is 25.6 Å². The zero-order chi connectivity index (χ0) is 25.7. The van der Waals surface area contributed by atoms with Crippen LogP contribution in [-0.4, -0.2) is 36.6 Å². The van der Waals surface area contributed by atoms with Crippen LogP contribution in [0.3, 0.4) is 0 Å². The third-order valence-corrected chi connectivity index (χ3v) is 5.90. The standard InChI is InChI=1S/C28H26ClNO6/c1-17-4-8-21(9-5-17)35-22-10-6-19(7-11-22)26-18(2)30-25-14-20(16-31)24(29)15-23(25)27(26)36-28(32)34-13-12-33-3/h4-11,14-15,31H,12-13,16H2,1-3H3. The second-order valence-corrected chi connectivity index (χ2v) is 8.56. The Morgan fingerprint density at radius 1 is 0.972 bits per heavy atom. The number of hydrogen-bond acceptors (Lipinski definition) is 7. The molecule has 36 heavy (non-hydrogen) atoms. The monoisotopic (exact) mass is 507 g/mol. The molecule has 1 aromatic heterocycles. The first-order valence-electron chi connectivity index (χ1n) is 11.3. The molecule has 3 aromatic carbocycles. The highest BCUT2D eigenvalue weighted by Crippen LogP contribution is 2.41. The van der Waals surface area contributed by atoms with E-state index >= 15 is 0 Å². The van der Waals surface area contributed by atoms with Gasteiger partial charge in [0.25, 0.3) is 0 Å². The van der Waals surface area contributed by atoms with Gasteiger partial charge in [-0.25, -0.2) is 4.79 Å². The molecule has 0 aliphatic carbocycles. The first kappa shape index (κ1) is 25.4. The van der Waals surface area contributed by atoms with Gasteiger partial charge < -0.3 is 24.1 Å². The Hall–Kier alpha value is -3.65. The van der Waals surface area contributed by atoms with Crippen molar-refractivity contribution >= 4 is 28.7 Å². The molecule has 8 heteroatoms. The van der Waals surface area contributed by atoms with Crippen LogP contribution in [0.1, 0.15) is 16.8 Å². The number of methoxy groups -OCH3 is 1. The van der Waals surface area contributed by atoms with Crippen LogP contribution in [0, 0.1) is 13.8 Å². The normalized spacial score (nSPS) is 10.9. The lowest BCUT2D eigenvalue weighted by Crippen LogP contribution is -2.15. The smallest absolute Gasteiger partial charge is 0.457 e. The minimum Gasteiger partial charge on any atom is -0.457 e. The molecule has 0 aliphatic heterocycles. The number of fused-ring (bicyclic) bond motifs is 1. The van der Waals surface area contributed by atoms with Crippen LogP contribution in [-0.2, 0) is 16.1 Å². The Morgan fingerprint density at radius 2 is 1.64 bits per heavy atom. The predicted molar refractivity (Wildman–Crippen MR) is 138 cm³/mol. The number of hydrogen-bond donors (Lipinski definition) is 1. The fraction of sp³-hybridized carbons (Fsp3) is 0.214. The average Bonchev–Trinajstić information content (AvgIpc) is 2.86. The minimum absolute atomic E-state index is 0.0487. The molecule has 1 heterocycles. The summed E-state index contributed by atoms with van der Waals surface area (Å²) in [5, 5.41) is 10.5. The summed E-state index contributed by atoms with van der Waals surface area (Å²) < 4.78 is 21.7. The summed E-state index contributed by atoms with van der Waals surface area (Å²) in [4.78, 5) is 17.2. The second-order valence-electron chi connectivity index (χ2n) is 8.15. The highest BCUT2D eigenvalue weighted by Gasteiger charge is 2.21. The highest BCUT2D eigenvalue weighted by atomic mass is 35.5. The summed E-state index contributed by atoms with van der Waals surface area (Å²) in [6.07, 6.45) is -0.873. The van der Waals surface area contributed by atoms with Crippen molar-refractivity contribution in [2.45, 2.75) is 20.5 Å². The Bertz CT molecular complexity index is 1370. The topological polar surface area (TPSA) is 87.1 Å². The number of aromatic nitrogens is 1. The summed E-state index contributed by atoms with van der Waals surface area (Å²) in [7, 11) is 1.51. The number of ether oxygens (including phenoxy) is 4. The first-order chi connectivity index (χ1) is 17.4. The minimum atomic E-state index is -0.873. The number of carbonyl (C=O) groups excluding carboxylic acids is 1. The number of aliphatic hydroxyl groups excluding tert-OH is 1. The van der Waals surface area contributed by atoms with Gasteiger partial charge in [-0.1, -0.05) is 41.4 Å². The van der Waals surface area contributed by atoms with E-state index < -0.39 is 6.16 Å². The predicted octanol–water partition coefficient (Wildman–Crippen LogP) is 6.62. The van der Waals surface area contributed by atoms with E-state index in [9.17, 15) is 9.90 Å². The van der Waals surface area contributed by atoms with Crippen LogP contribution in [0.5, 0.6) is 17.2 Å². The van der Waals surface area contributed by atoms with Crippen molar-refractivity contribution in [2.75, 3.05) is 20.3 Å². The molecule has 0 aliphatic rings. The van der Waals surface area contributed by atoms with E-state index in [1.54, 1.807) is 12.1 Å². The van der Waals surface area contributed by atoms with E-state index in [4.69, 9.17) is 35.5 Å². The number of benzene rings is 3. The third-order valence-electron chi connectivity index (χ3n) is 5.55. The van der Waals surface area contributed by atoms with Crippen LogP contribution in [0.25, 0.3) is 22.0 Å². The third kappa shape index (κ3) is 5.76. The number of aliphatic hydroxyl groups is 1. The summed E-state index contributed by atoms with van der Waals surface area (Å²) in [5.74, 6) is 1.65. The number of carbonyl (C=O) groups is 1. The van der Waals surface area contributed by atoms with Gasteiger partial charge in [0.2, 0.25) is 0 Å². The lowest BCUT2D eigenvalue weighted by atomic mass is 9.99. The van der Waals surface area contributed by atoms with Gasteiger partial charge in [-0.3, -0.25) is 4.98 Å². The summed E-state index contributed by atoms with van der Waals surface area (Å²) in [6, 6.07) is 18.5. The molecular weight excluding hydrogens is 482 g/mol. The van der Waals surface area contributed by atoms with Crippen LogP contribution in [0.4, 0.5) is 4.79 Å². The van der Waals surface area contributed by atoms with Crippen molar-refractivity contribution in [3.05, 3.63) is 82.5 Å². The molecule has 186 valence electrons. The van der Waals surface area contributed by atoms with Gasteiger partial charge in [0, 0.05) is 28.8 Å². The van der Waals surface area contributed by atoms with E-state index in [2.05, 4.69) is 0 Å². The van der Waals surface area contributed by atoms with Crippen molar-refractivity contribution < 1.29 is 28.8 Å². The maximum absolute atomic E-state index is 12.5. The van der Waals surface area contributed by atoms with E-state index in [1.807, 2.05) is 62.4 Å². The van der Waals surface area contributed by atoms with Crippen molar-refractivity contribution in [3.63, 3.8) is 0 Å². The Kier molecular flexibility index (Phi) is 8.05. The lowest BCUT2D eigenvalue weighted by molar-refractivity contribution is 0.0690. The molecule has 1 N–H and O–H groups in total. The molecule has 0 unspecified atom stereocenters. The maximum atomic E-state index is 12.5. The Labute approximate surface area is 214 Å². The number of pyridine rings is 1. The summed E-state index contributed by atoms with van der Waals surface area (Å²) >= 11 is 6.37. The number of aryl methyl sites for hydroxylation is 2. The average molecular weight is 508 g/mol. The molecule has 0 radical (unpaired) electrons. The Morgan fingerprint density at radius 3 is 2.28 bits per heavy atom. The highest BCUT2D eigenvalue weighted by molar-refractivity contribution is 6.32. The molecule has 0 saturated heterocycles. The van der Waals surface area contributed by atoms with Crippen LogP contribution < -0.4 is 9.47 Å². The summed E-state index contributed by atoms with van der Waals surface area (Å²) in [6.45, 7) is 3.89. The van der Waals surface area contributed by atoms with E-state index in [0.717, 1.165) is 16.9 Å². The van der Waals surface area contributed by atoms with Gasteiger partial charge in [0.05, 0.1) is 18.7 Å². The molecule has 4 aromatic rings. The van der Waals surface area contributed by atoms with Gasteiger partial charge >= 0.3 is 6.16 Å². The van der Waals surface area contributed by atoms with Crippen molar-refractivity contribution in [2.24, 2.45) is 0 Å². The molecular formula is C28H26ClNO6. The first-order valence-corrected chi connectivity index (χ1v) is 11.7. The van der Waals surface area contributed by atoms with Crippen LogP contribution in [0.2, 0.25) is 5.02 Å². The van der Waals surface area contributed by atoms with Crippen molar-refractivity contribution in [1.29, 1.82) is 0 Å². The zero-order valence-corrected chi connectivity index (χ0v) is 21.0. The van der Waals surface area contributed by atoms with Crippen LogP contribution >= 0.6 is 11.6 Å². The molecule has 0 fully saturated rings.